The molecule has 1 unspecified atom stereocenters. The predicted molar refractivity (Wildman–Crippen MR) is 49.2 cm³/mol. The van der Waals surface area contributed by atoms with Crippen molar-refractivity contribution in [3.8, 4) is 0 Å². The number of aliphatic hydroxyl groups excluding tert-OH is 2. The molecule has 74 valence electrons. The third kappa shape index (κ3) is 2.60. The van der Waals surface area contributed by atoms with Crippen molar-refractivity contribution in [2.75, 3.05) is 24.2 Å². The van der Waals surface area contributed by atoms with Crippen molar-refractivity contribution in [1.29, 1.82) is 0 Å². The van der Waals surface area contributed by atoms with E-state index in [1.54, 1.807) is 17.9 Å². The SMILES string of the molecule is Cn1cc(N)c(NCC(O)CO)n1. The Hall–Kier alpha value is -1.27. The maximum atomic E-state index is 9.03. The summed E-state index contributed by atoms with van der Waals surface area (Å²) < 4.78 is 1.57. The van der Waals surface area contributed by atoms with Crippen LogP contribution in [0, 0.1) is 0 Å². The van der Waals surface area contributed by atoms with Gasteiger partial charge in [-0.25, -0.2) is 0 Å². The number of rotatable bonds is 4. The van der Waals surface area contributed by atoms with Crippen LogP contribution in [0.1, 0.15) is 0 Å². The number of anilines is 2. The van der Waals surface area contributed by atoms with Crippen molar-refractivity contribution >= 4 is 11.5 Å². The second-order valence-electron chi connectivity index (χ2n) is 2.82. The summed E-state index contributed by atoms with van der Waals surface area (Å²) in [6, 6.07) is 0. The van der Waals surface area contributed by atoms with Gasteiger partial charge in [-0.2, -0.15) is 5.10 Å². The number of nitrogens with one attached hydrogen (secondary N) is 1. The van der Waals surface area contributed by atoms with Crippen LogP contribution in [-0.4, -0.2) is 39.2 Å². The Morgan fingerprint density at radius 1 is 1.77 bits per heavy atom. The molecule has 0 radical (unpaired) electrons. The molecule has 6 heteroatoms. The molecule has 0 aliphatic heterocycles. The first-order valence-corrected chi connectivity index (χ1v) is 3.95. The lowest BCUT2D eigenvalue weighted by Crippen LogP contribution is -2.23. The third-order valence-electron chi connectivity index (χ3n) is 1.57. The van der Waals surface area contributed by atoms with E-state index in [4.69, 9.17) is 15.9 Å². The van der Waals surface area contributed by atoms with Gasteiger partial charge in [0.25, 0.3) is 0 Å². The van der Waals surface area contributed by atoms with Gasteiger partial charge in [0.15, 0.2) is 5.82 Å². The summed E-state index contributed by atoms with van der Waals surface area (Å²) in [7, 11) is 1.75. The van der Waals surface area contributed by atoms with E-state index in [2.05, 4.69) is 10.4 Å². The average molecular weight is 186 g/mol. The predicted octanol–water partition coefficient (Wildman–Crippen LogP) is -1.23. The van der Waals surface area contributed by atoms with E-state index < -0.39 is 6.10 Å². The zero-order valence-corrected chi connectivity index (χ0v) is 7.44. The summed E-state index contributed by atoms with van der Waals surface area (Å²) in [5.41, 5.74) is 6.10. The zero-order chi connectivity index (χ0) is 9.84. The molecule has 1 aromatic heterocycles. The molecular weight excluding hydrogens is 172 g/mol. The minimum Gasteiger partial charge on any atom is -0.394 e. The van der Waals surface area contributed by atoms with Crippen LogP contribution in [0.4, 0.5) is 11.5 Å². The first kappa shape index (κ1) is 9.82. The van der Waals surface area contributed by atoms with Gasteiger partial charge < -0.3 is 21.3 Å². The maximum Gasteiger partial charge on any atom is 0.171 e. The molecule has 0 amide bonds. The van der Waals surface area contributed by atoms with Crippen molar-refractivity contribution in [2.24, 2.45) is 7.05 Å². The van der Waals surface area contributed by atoms with Gasteiger partial charge >= 0.3 is 0 Å². The normalized spacial score (nSPS) is 12.8. The molecule has 0 aliphatic rings. The first-order chi connectivity index (χ1) is 6.13. The van der Waals surface area contributed by atoms with Gasteiger partial charge in [0.2, 0.25) is 0 Å². The molecule has 1 heterocycles. The minimum atomic E-state index is -0.790. The fourth-order valence-corrected chi connectivity index (χ4v) is 0.923. The quantitative estimate of drug-likeness (QED) is 0.472. The molecule has 0 aliphatic carbocycles. The van der Waals surface area contributed by atoms with E-state index in [-0.39, 0.29) is 13.2 Å². The van der Waals surface area contributed by atoms with Crippen LogP contribution in [0.25, 0.3) is 0 Å². The molecule has 6 nitrogen and oxygen atoms in total. The Bertz CT molecular complexity index is 273. The lowest BCUT2D eigenvalue weighted by molar-refractivity contribution is 0.105. The van der Waals surface area contributed by atoms with Crippen molar-refractivity contribution in [2.45, 2.75) is 6.10 Å². The molecule has 0 spiro atoms. The van der Waals surface area contributed by atoms with Crippen LogP contribution < -0.4 is 11.1 Å². The van der Waals surface area contributed by atoms with Crippen LogP contribution in [0.2, 0.25) is 0 Å². The molecule has 1 rings (SSSR count). The highest BCUT2D eigenvalue weighted by Gasteiger charge is 2.06. The highest BCUT2D eigenvalue weighted by molar-refractivity contribution is 5.59. The van der Waals surface area contributed by atoms with Crippen LogP contribution >= 0.6 is 0 Å². The van der Waals surface area contributed by atoms with Gasteiger partial charge in [-0.1, -0.05) is 0 Å². The maximum absolute atomic E-state index is 9.03. The topological polar surface area (TPSA) is 96.3 Å². The van der Waals surface area contributed by atoms with Crippen LogP contribution in [0.5, 0.6) is 0 Å². The zero-order valence-electron chi connectivity index (χ0n) is 7.44. The monoisotopic (exact) mass is 186 g/mol. The summed E-state index contributed by atoms with van der Waals surface area (Å²) in [5.74, 6) is 0.523. The molecule has 0 aromatic carbocycles. The minimum absolute atomic E-state index is 0.234. The van der Waals surface area contributed by atoms with Crippen molar-refractivity contribution in [1.82, 2.24) is 9.78 Å². The Morgan fingerprint density at radius 2 is 2.46 bits per heavy atom. The molecule has 1 aromatic rings. The van der Waals surface area contributed by atoms with E-state index in [1.165, 1.54) is 0 Å². The number of aryl methyl sites for hydroxylation is 1. The van der Waals surface area contributed by atoms with Crippen LogP contribution in [-0.2, 0) is 7.05 Å². The molecule has 0 fully saturated rings. The number of nitrogen functional groups attached to an aromatic ring is 1. The van der Waals surface area contributed by atoms with Gasteiger partial charge in [-0.3, -0.25) is 4.68 Å². The number of aromatic nitrogens is 2. The van der Waals surface area contributed by atoms with E-state index in [1.807, 2.05) is 0 Å². The van der Waals surface area contributed by atoms with Crippen molar-refractivity contribution in [3.63, 3.8) is 0 Å². The van der Waals surface area contributed by atoms with E-state index in [0.717, 1.165) is 0 Å². The van der Waals surface area contributed by atoms with Gasteiger partial charge in [0.1, 0.15) is 0 Å². The Balaban J connectivity index is 2.49. The molecule has 0 saturated heterocycles. The Kier molecular flexibility index (Phi) is 3.10. The standard InChI is InChI=1S/C7H14N4O2/c1-11-3-6(8)7(10-11)9-2-5(13)4-12/h3,5,12-13H,2,4,8H2,1H3,(H,9,10). The Labute approximate surface area is 76.0 Å². The second kappa shape index (κ2) is 4.11. The van der Waals surface area contributed by atoms with E-state index in [0.29, 0.717) is 11.5 Å². The largest absolute Gasteiger partial charge is 0.394 e. The number of aliphatic hydroxyl groups is 2. The van der Waals surface area contributed by atoms with Crippen LogP contribution in [0.15, 0.2) is 6.20 Å². The Morgan fingerprint density at radius 3 is 2.92 bits per heavy atom. The smallest absolute Gasteiger partial charge is 0.171 e. The summed E-state index contributed by atoms with van der Waals surface area (Å²) in [4.78, 5) is 0. The molecular formula is C7H14N4O2. The summed E-state index contributed by atoms with van der Waals surface area (Å²) in [6.45, 7) is -0.0442. The van der Waals surface area contributed by atoms with Gasteiger partial charge in [-0.05, 0) is 0 Å². The van der Waals surface area contributed by atoms with E-state index >= 15 is 0 Å². The summed E-state index contributed by atoms with van der Waals surface area (Å²) >= 11 is 0. The summed E-state index contributed by atoms with van der Waals surface area (Å²) in [6.07, 6.45) is 0.870. The molecule has 0 bridgehead atoms. The van der Waals surface area contributed by atoms with Gasteiger partial charge in [0.05, 0.1) is 18.4 Å². The highest BCUT2D eigenvalue weighted by atomic mass is 16.3. The summed E-state index contributed by atoms with van der Waals surface area (Å²) in [5, 5.41) is 24.4. The molecule has 0 saturated carbocycles. The second-order valence-corrected chi connectivity index (χ2v) is 2.82. The first-order valence-electron chi connectivity index (χ1n) is 3.95. The lowest BCUT2D eigenvalue weighted by atomic mass is 10.4. The number of nitrogens with two attached hydrogens (primary N) is 1. The van der Waals surface area contributed by atoms with Crippen LogP contribution in [0.3, 0.4) is 0 Å². The number of hydrogen-bond donors (Lipinski definition) is 4. The van der Waals surface area contributed by atoms with Crippen molar-refractivity contribution in [3.05, 3.63) is 6.20 Å². The fraction of sp³-hybridized carbons (Fsp3) is 0.571. The third-order valence-corrected chi connectivity index (χ3v) is 1.57. The number of hydrogen-bond acceptors (Lipinski definition) is 5. The van der Waals surface area contributed by atoms with E-state index in [9.17, 15) is 0 Å². The molecule has 1 atom stereocenters. The lowest BCUT2D eigenvalue weighted by Gasteiger charge is -2.07. The fourth-order valence-electron chi connectivity index (χ4n) is 0.923. The van der Waals surface area contributed by atoms with Gasteiger partial charge in [-0.15, -0.1) is 0 Å². The van der Waals surface area contributed by atoms with Gasteiger partial charge in [0, 0.05) is 19.8 Å². The van der Waals surface area contributed by atoms with Crippen molar-refractivity contribution < 1.29 is 10.2 Å². The molecule has 13 heavy (non-hydrogen) atoms. The number of nitrogens with zero attached hydrogens (tertiary/aromatic N) is 2. The highest BCUT2D eigenvalue weighted by Crippen LogP contribution is 2.13. The average Bonchev–Trinajstić information content (AvgIpc) is 2.41. The molecule has 5 N–H and O–H groups in total.